The van der Waals surface area contributed by atoms with Crippen molar-refractivity contribution in [1.29, 1.82) is 5.26 Å². The van der Waals surface area contributed by atoms with Gasteiger partial charge in [0.1, 0.15) is 23.2 Å². The van der Waals surface area contributed by atoms with E-state index in [1.54, 1.807) is 28.8 Å². The van der Waals surface area contributed by atoms with Gasteiger partial charge < -0.3 is 14.8 Å². The molecule has 0 fully saturated rings. The molecule has 0 aliphatic carbocycles. The molecule has 2 aromatic carbocycles. The third kappa shape index (κ3) is 4.59. The minimum atomic E-state index is -0.662. The molecule has 7 heteroatoms. The van der Waals surface area contributed by atoms with E-state index in [9.17, 15) is 14.9 Å². The summed E-state index contributed by atoms with van der Waals surface area (Å²) in [5.74, 6) is -0.468. The van der Waals surface area contributed by atoms with Crippen LogP contribution in [0.4, 0.5) is 5.82 Å². The smallest absolute Gasteiger partial charge is 0.342 e. The number of esters is 1. The average Bonchev–Trinajstić information content (AvgIpc) is 3.02. The SMILES string of the molecule is CCOc1ccccc1C(=O)OCC(=O)Nc1c(C#N)c(C)c(C)n1-c1ccccc1. The number of carbonyl (C=O) groups is 2. The van der Waals surface area contributed by atoms with Gasteiger partial charge in [-0.05, 0) is 50.6 Å². The van der Waals surface area contributed by atoms with Gasteiger partial charge in [-0.25, -0.2) is 4.79 Å². The number of amides is 1. The lowest BCUT2D eigenvalue weighted by Gasteiger charge is -2.13. The van der Waals surface area contributed by atoms with Crippen LogP contribution in [0.3, 0.4) is 0 Å². The van der Waals surface area contributed by atoms with E-state index in [-0.39, 0.29) is 5.56 Å². The lowest BCUT2D eigenvalue weighted by molar-refractivity contribution is -0.119. The summed E-state index contributed by atoms with van der Waals surface area (Å²) in [5.41, 5.74) is 3.02. The quantitative estimate of drug-likeness (QED) is 0.583. The van der Waals surface area contributed by atoms with Gasteiger partial charge in [-0.1, -0.05) is 30.3 Å². The van der Waals surface area contributed by atoms with E-state index in [1.165, 1.54) is 0 Å². The van der Waals surface area contributed by atoms with Crippen LogP contribution in [0.5, 0.6) is 5.75 Å². The Hall–Kier alpha value is -4.05. The van der Waals surface area contributed by atoms with Crippen LogP contribution in [0.1, 0.15) is 34.1 Å². The minimum absolute atomic E-state index is 0.245. The van der Waals surface area contributed by atoms with Gasteiger partial charge in [0.25, 0.3) is 5.91 Å². The Labute approximate surface area is 180 Å². The average molecular weight is 417 g/mol. The van der Waals surface area contributed by atoms with Crippen LogP contribution in [-0.4, -0.2) is 29.7 Å². The molecule has 0 atom stereocenters. The van der Waals surface area contributed by atoms with Gasteiger partial charge in [0.2, 0.25) is 0 Å². The van der Waals surface area contributed by atoms with E-state index in [0.29, 0.717) is 23.7 Å². The van der Waals surface area contributed by atoms with Crippen molar-refractivity contribution in [3.8, 4) is 17.5 Å². The van der Waals surface area contributed by atoms with Gasteiger partial charge in [0.15, 0.2) is 6.61 Å². The highest BCUT2D eigenvalue weighted by atomic mass is 16.5. The van der Waals surface area contributed by atoms with E-state index < -0.39 is 18.5 Å². The normalized spacial score (nSPS) is 10.3. The van der Waals surface area contributed by atoms with Crippen molar-refractivity contribution in [2.45, 2.75) is 20.8 Å². The topological polar surface area (TPSA) is 93.3 Å². The first-order chi connectivity index (χ1) is 15.0. The summed E-state index contributed by atoms with van der Waals surface area (Å²) in [7, 11) is 0. The van der Waals surface area contributed by atoms with Crippen LogP contribution >= 0.6 is 0 Å². The molecule has 1 N–H and O–H groups in total. The molecule has 1 amide bonds. The maximum Gasteiger partial charge on any atom is 0.342 e. The molecular weight excluding hydrogens is 394 g/mol. The number of aromatic nitrogens is 1. The second kappa shape index (κ2) is 9.63. The van der Waals surface area contributed by atoms with E-state index in [0.717, 1.165) is 16.9 Å². The number of ether oxygens (including phenoxy) is 2. The second-order valence-electron chi connectivity index (χ2n) is 6.77. The predicted molar refractivity (Wildman–Crippen MR) is 116 cm³/mol. The molecule has 3 rings (SSSR count). The summed E-state index contributed by atoms with van der Waals surface area (Å²) in [4.78, 5) is 25.0. The van der Waals surface area contributed by atoms with Crippen molar-refractivity contribution in [2.24, 2.45) is 0 Å². The number of nitrogens with one attached hydrogen (secondary N) is 1. The zero-order chi connectivity index (χ0) is 22.4. The molecule has 0 radical (unpaired) electrons. The number of hydrogen-bond donors (Lipinski definition) is 1. The van der Waals surface area contributed by atoms with Crippen molar-refractivity contribution in [1.82, 2.24) is 4.57 Å². The largest absolute Gasteiger partial charge is 0.493 e. The molecule has 158 valence electrons. The molecule has 0 saturated heterocycles. The summed E-state index contributed by atoms with van der Waals surface area (Å²) in [6.45, 7) is 5.42. The van der Waals surface area contributed by atoms with Gasteiger partial charge in [0.05, 0.1) is 12.2 Å². The molecule has 1 aromatic heterocycles. The van der Waals surface area contributed by atoms with Crippen LogP contribution in [0.15, 0.2) is 54.6 Å². The van der Waals surface area contributed by atoms with Crippen molar-refractivity contribution in [3.63, 3.8) is 0 Å². The molecule has 31 heavy (non-hydrogen) atoms. The van der Waals surface area contributed by atoms with Crippen LogP contribution in [-0.2, 0) is 9.53 Å². The Bertz CT molecular complexity index is 1140. The fourth-order valence-electron chi connectivity index (χ4n) is 3.25. The number of benzene rings is 2. The molecule has 7 nitrogen and oxygen atoms in total. The standard InChI is InChI=1S/C24H23N3O4/c1-4-30-21-13-9-8-12-19(21)24(29)31-15-22(28)26-23-20(14-25)16(2)17(3)27(23)18-10-6-5-7-11-18/h5-13H,4,15H2,1-3H3,(H,26,28). The first-order valence-corrected chi connectivity index (χ1v) is 9.84. The predicted octanol–water partition coefficient (Wildman–Crippen LogP) is 4.16. The van der Waals surface area contributed by atoms with Crippen molar-refractivity contribution >= 4 is 17.7 Å². The lowest BCUT2D eigenvalue weighted by atomic mass is 10.2. The van der Waals surface area contributed by atoms with E-state index >= 15 is 0 Å². The zero-order valence-corrected chi connectivity index (χ0v) is 17.6. The maximum absolute atomic E-state index is 12.6. The zero-order valence-electron chi connectivity index (χ0n) is 17.6. The van der Waals surface area contributed by atoms with Gasteiger partial charge >= 0.3 is 5.97 Å². The monoisotopic (exact) mass is 417 g/mol. The van der Waals surface area contributed by atoms with Crippen LogP contribution in [0, 0.1) is 25.2 Å². The molecule has 0 aliphatic heterocycles. The highest BCUT2D eigenvalue weighted by Gasteiger charge is 2.21. The third-order valence-electron chi connectivity index (χ3n) is 4.84. The number of anilines is 1. The fraction of sp³-hybridized carbons (Fsp3) is 0.208. The van der Waals surface area contributed by atoms with Gasteiger partial charge in [-0.3, -0.25) is 9.36 Å². The summed E-state index contributed by atoms with van der Waals surface area (Å²) in [6.07, 6.45) is 0. The number of para-hydroxylation sites is 2. The fourth-order valence-corrected chi connectivity index (χ4v) is 3.25. The molecule has 0 spiro atoms. The molecule has 0 bridgehead atoms. The molecule has 0 saturated carbocycles. The number of carbonyl (C=O) groups excluding carboxylic acids is 2. The lowest BCUT2D eigenvalue weighted by Crippen LogP contribution is -2.23. The second-order valence-corrected chi connectivity index (χ2v) is 6.77. The molecule has 0 aliphatic rings. The molecular formula is C24H23N3O4. The Morgan fingerprint density at radius 3 is 2.42 bits per heavy atom. The minimum Gasteiger partial charge on any atom is -0.493 e. The van der Waals surface area contributed by atoms with Crippen molar-refractivity contribution in [3.05, 3.63) is 77.0 Å². The Balaban J connectivity index is 1.79. The van der Waals surface area contributed by atoms with E-state index in [2.05, 4.69) is 11.4 Å². The molecule has 3 aromatic rings. The van der Waals surface area contributed by atoms with E-state index in [1.807, 2.05) is 51.1 Å². The number of nitriles is 1. The van der Waals surface area contributed by atoms with Gasteiger partial charge in [-0.15, -0.1) is 0 Å². The number of rotatable bonds is 7. The first kappa shape index (κ1) is 21.7. The summed E-state index contributed by atoms with van der Waals surface area (Å²) in [5, 5.41) is 12.4. The third-order valence-corrected chi connectivity index (χ3v) is 4.84. The van der Waals surface area contributed by atoms with Crippen LogP contribution in [0.2, 0.25) is 0 Å². The Morgan fingerprint density at radius 1 is 1.06 bits per heavy atom. The highest BCUT2D eigenvalue weighted by molar-refractivity contribution is 5.97. The number of hydrogen-bond acceptors (Lipinski definition) is 5. The Morgan fingerprint density at radius 2 is 1.74 bits per heavy atom. The summed E-state index contributed by atoms with van der Waals surface area (Å²) >= 11 is 0. The first-order valence-electron chi connectivity index (χ1n) is 9.84. The maximum atomic E-state index is 12.6. The van der Waals surface area contributed by atoms with Gasteiger partial charge in [-0.2, -0.15) is 5.26 Å². The summed E-state index contributed by atoms with van der Waals surface area (Å²) in [6, 6.07) is 18.2. The highest BCUT2D eigenvalue weighted by Crippen LogP contribution is 2.30. The number of nitrogens with zero attached hydrogens (tertiary/aromatic N) is 2. The van der Waals surface area contributed by atoms with Crippen molar-refractivity contribution < 1.29 is 19.1 Å². The molecule has 0 unspecified atom stereocenters. The summed E-state index contributed by atoms with van der Waals surface area (Å²) < 4.78 is 12.4. The Kier molecular flexibility index (Phi) is 6.73. The molecule has 1 heterocycles. The van der Waals surface area contributed by atoms with Crippen LogP contribution in [0.25, 0.3) is 5.69 Å². The van der Waals surface area contributed by atoms with E-state index in [4.69, 9.17) is 9.47 Å². The van der Waals surface area contributed by atoms with Crippen molar-refractivity contribution in [2.75, 3.05) is 18.5 Å². The van der Waals surface area contributed by atoms with Gasteiger partial charge in [0, 0.05) is 11.4 Å². The van der Waals surface area contributed by atoms with Crippen LogP contribution < -0.4 is 10.1 Å².